The first-order valence-corrected chi connectivity index (χ1v) is 9.71. The number of nitrogens with one attached hydrogen (secondary N) is 1. The highest BCUT2D eigenvalue weighted by Gasteiger charge is 2.12. The van der Waals surface area contributed by atoms with Crippen LogP contribution in [0.3, 0.4) is 0 Å². The molecule has 0 heterocycles. The van der Waals surface area contributed by atoms with Gasteiger partial charge in [0.25, 0.3) is 0 Å². The molecule has 0 spiro atoms. The number of carbonyl (C=O) groups excluding carboxylic acids is 1. The van der Waals surface area contributed by atoms with Crippen LogP contribution in [-0.2, 0) is 17.6 Å². The molecule has 158 valence electrons. The third-order valence-corrected chi connectivity index (χ3v) is 4.80. The van der Waals surface area contributed by atoms with Crippen molar-refractivity contribution < 1.29 is 23.7 Å². The van der Waals surface area contributed by atoms with Crippen LogP contribution >= 0.6 is 0 Å². The number of carbonyl (C=O) groups is 1. The highest BCUT2D eigenvalue weighted by molar-refractivity contribution is 5.79. The number of hydrogen-bond donors (Lipinski definition) is 1. The van der Waals surface area contributed by atoms with E-state index in [1.54, 1.807) is 28.4 Å². The van der Waals surface area contributed by atoms with Crippen LogP contribution in [0.5, 0.6) is 23.0 Å². The summed E-state index contributed by atoms with van der Waals surface area (Å²) in [5.41, 5.74) is 2.02. The summed E-state index contributed by atoms with van der Waals surface area (Å²) >= 11 is 0. The van der Waals surface area contributed by atoms with Gasteiger partial charge in [-0.3, -0.25) is 4.79 Å². The molecular weight excluding hydrogens is 370 g/mol. The molecule has 2 rings (SSSR count). The van der Waals surface area contributed by atoms with Crippen molar-refractivity contribution in [1.29, 1.82) is 0 Å². The van der Waals surface area contributed by atoms with E-state index in [1.807, 2.05) is 43.3 Å². The molecule has 29 heavy (non-hydrogen) atoms. The second-order valence-electron chi connectivity index (χ2n) is 6.90. The zero-order valence-corrected chi connectivity index (χ0v) is 17.9. The molecule has 0 aromatic heterocycles. The minimum Gasteiger partial charge on any atom is -0.497 e. The average Bonchev–Trinajstić information content (AvgIpc) is 2.73. The van der Waals surface area contributed by atoms with E-state index in [0.717, 1.165) is 41.9 Å². The third-order valence-electron chi connectivity index (χ3n) is 4.80. The van der Waals surface area contributed by atoms with E-state index < -0.39 is 0 Å². The zero-order chi connectivity index (χ0) is 21.2. The fourth-order valence-corrected chi connectivity index (χ4v) is 3.23. The van der Waals surface area contributed by atoms with Gasteiger partial charge in [-0.15, -0.1) is 0 Å². The molecule has 0 aliphatic carbocycles. The number of hydrogen-bond acceptors (Lipinski definition) is 5. The number of rotatable bonds is 11. The Hall–Kier alpha value is -2.89. The van der Waals surface area contributed by atoms with Gasteiger partial charge in [0.05, 0.1) is 34.9 Å². The minimum atomic E-state index is -0.00764. The van der Waals surface area contributed by atoms with Crippen molar-refractivity contribution in [3.05, 3.63) is 47.5 Å². The van der Waals surface area contributed by atoms with Crippen LogP contribution in [0.4, 0.5) is 0 Å². The first-order chi connectivity index (χ1) is 14.0. The van der Waals surface area contributed by atoms with Gasteiger partial charge in [0, 0.05) is 12.1 Å². The molecule has 6 heteroatoms. The quantitative estimate of drug-likeness (QED) is 0.621. The van der Waals surface area contributed by atoms with E-state index in [4.69, 9.17) is 18.9 Å². The summed E-state index contributed by atoms with van der Waals surface area (Å²) in [5, 5.41) is 3.07. The zero-order valence-electron chi connectivity index (χ0n) is 17.9. The summed E-state index contributed by atoms with van der Waals surface area (Å²) in [6.45, 7) is 2.03. The van der Waals surface area contributed by atoms with Crippen LogP contribution in [0.2, 0.25) is 0 Å². The normalized spacial score (nSPS) is 11.5. The lowest BCUT2D eigenvalue weighted by atomic mass is 10.0. The van der Waals surface area contributed by atoms with E-state index in [0.29, 0.717) is 17.9 Å². The molecular formula is C23H31NO5. The van der Waals surface area contributed by atoms with Crippen molar-refractivity contribution >= 4 is 5.91 Å². The lowest BCUT2D eigenvalue weighted by molar-refractivity contribution is -0.121. The average molecular weight is 402 g/mol. The van der Waals surface area contributed by atoms with Crippen molar-refractivity contribution in [1.82, 2.24) is 5.32 Å². The van der Waals surface area contributed by atoms with Crippen molar-refractivity contribution in [3.8, 4) is 23.0 Å². The summed E-state index contributed by atoms with van der Waals surface area (Å²) in [4.78, 5) is 12.4. The van der Waals surface area contributed by atoms with E-state index in [1.165, 1.54) is 0 Å². The molecule has 2 aromatic rings. The fraction of sp³-hybridized carbons (Fsp3) is 0.435. The fourth-order valence-electron chi connectivity index (χ4n) is 3.23. The monoisotopic (exact) mass is 401 g/mol. The van der Waals surface area contributed by atoms with Crippen LogP contribution < -0.4 is 24.3 Å². The highest BCUT2D eigenvalue weighted by Crippen LogP contribution is 2.28. The van der Waals surface area contributed by atoms with Gasteiger partial charge in [-0.25, -0.2) is 0 Å². The van der Waals surface area contributed by atoms with Gasteiger partial charge in [-0.05, 0) is 55.5 Å². The first-order valence-electron chi connectivity index (χ1n) is 9.71. The predicted octanol–water partition coefficient (Wildman–Crippen LogP) is 3.79. The maximum Gasteiger partial charge on any atom is 0.224 e. The predicted molar refractivity (Wildman–Crippen MR) is 113 cm³/mol. The Balaban J connectivity index is 1.82. The van der Waals surface area contributed by atoms with Crippen LogP contribution in [0.15, 0.2) is 36.4 Å². The Kier molecular flexibility index (Phi) is 8.65. The second-order valence-corrected chi connectivity index (χ2v) is 6.90. The number of ether oxygens (including phenoxy) is 4. The smallest absolute Gasteiger partial charge is 0.224 e. The Bertz CT molecular complexity index is 806. The van der Waals surface area contributed by atoms with Crippen LogP contribution in [0.1, 0.15) is 30.9 Å². The van der Waals surface area contributed by atoms with Crippen molar-refractivity contribution in [2.45, 2.75) is 38.6 Å². The lowest BCUT2D eigenvalue weighted by Gasteiger charge is -2.15. The summed E-state index contributed by atoms with van der Waals surface area (Å²) in [5.74, 6) is 2.88. The topological polar surface area (TPSA) is 66.0 Å². The Morgan fingerprint density at radius 3 is 2.28 bits per heavy atom. The van der Waals surface area contributed by atoms with Gasteiger partial charge < -0.3 is 24.3 Å². The molecule has 6 nitrogen and oxygen atoms in total. The maximum absolute atomic E-state index is 12.4. The van der Waals surface area contributed by atoms with E-state index in [-0.39, 0.29) is 11.9 Å². The standard InChI is InChI=1S/C23H31NO5/c1-16(7-6-8-18-10-11-19(26-2)15-21(18)28-4)24-23(25)14-17-9-12-20(27-3)22(13-17)29-5/h9-13,15-16H,6-8,14H2,1-5H3,(H,24,25)/t16-/m1/s1. The van der Waals surface area contributed by atoms with Gasteiger partial charge in [0.15, 0.2) is 11.5 Å². The van der Waals surface area contributed by atoms with E-state index in [2.05, 4.69) is 5.32 Å². The Labute approximate surface area is 173 Å². The number of benzene rings is 2. The maximum atomic E-state index is 12.4. The number of methoxy groups -OCH3 is 4. The van der Waals surface area contributed by atoms with E-state index in [9.17, 15) is 4.79 Å². The molecule has 0 aliphatic heterocycles. The molecule has 0 aliphatic rings. The number of amides is 1. The van der Waals surface area contributed by atoms with Crippen LogP contribution in [0.25, 0.3) is 0 Å². The highest BCUT2D eigenvalue weighted by atomic mass is 16.5. The third kappa shape index (κ3) is 6.59. The molecule has 0 bridgehead atoms. The van der Waals surface area contributed by atoms with Crippen LogP contribution in [0, 0.1) is 0 Å². The second kappa shape index (κ2) is 11.2. The van der Waals surface area contributed by atoms with Gasteiger partial charge in [0.1, 0.15) is 11.5 Å². The molecule has 1 N–H and O–H groups in total. The van der Waals surface area contributed by atoms with Crippen LogP contribution in [-0.4, -0.2) is 40.4 Å². The van der Waals surface area contributed by atoms with Crippen molar-refractivity contribution in [3.63, 3.8) is 0 Å². The summed E-state index contributed by atoms with van der Waals surface area (Å²) in [6.07, 6.45) is 3.01. The van der Waals surface area contributed by atoms with Gasteiger partial charge in [-0.1, -0.05) is 12.1 Å². The first kappa shape index (κ1) is 22.4. The summed E-state index contributed by atoms with van der Waals surface area (Å²) < 4.78 is 21.2. The molecule has 1 atom stereocenters. The van der Waals surface area contributed by atoms with Gasteiger partial charge >= 0.3 is 0 Å². The molecule has 0 saturated carbocycles. The largest absolute Gasteiger partial charge is 0.497 e. The summed E-state index contributed by atoms with van der Waals surface area (Å²) in [6, 6.07) is 11.5. The number of aryl methyl sites for hydroxylation is 1. The van der Waals surface area contributed by atoms with Gasteiger partial charge in [-0.2, -0.15) is 0 Å². The molecule has 0 fully saturated rings. The van der Waals surface area contributed by atoms with Crippen molar-refractivity contribution in [2.24, 2.45) is 0 Å². The minimum absolute atomic E-state index is 0.00764. The Morgan fingerprint density at radius 1 is 0.897 bits per heavy atom. The SMILES string of the molecule is COc1ccc(CCC[C@@H](C)NC(=O)Cc2ccc(OC)c(OC)c2)c(OC)c1. The summed E-state index contributed by atoms with van der Waals surface area (Å²) in [7, 11) is 6.48. The Morgan fingerprint density at radius 2 is 1.62 bits per heavy atom. The van der Waals surface area contributed by atoms with Gasteiger partial charge in [0.2, 0.25) is 5.91 Å². The molecule has 0 saturated heterocycles. The molecule has 0 unspecified atom stereocenters. The molecule has 0 radical (unpaired) electrons. The molecule has 2 aromatic carbocycles. The van der Waals surface area contributed by atoms with Crippen molar-refractivity contribution in [2.75, 3.05) is 28.4 Å². The van der Waals surface area contributed by atoms with E-state index >= 15 is 0 Å². The molecule has 1 amide bonds. The lowest BCUT2D eigenvalue weighted by Crippen LogP contribution is -2.33.